The van der Waals surface area contributed by atoms with Gasteiger partial charge in [0.05, 0.1) is 26.8 Å². The Morgan fingerprint density at radius 3 is 2.39 bits per heavy atom. The second kappa shape index (κ2) is 9.46. The SMILES string of the molecule is COc1ccc(OC)c([C@H](C)NC(=O)CN2CCN(c3ccccc3)CC2)c1. The summed E-state index contributed by atoms with van der Waals surface area (Å²) in [5.74, 6) is 1.50. The van der Waals surface area contributed by atoms with Crippen molar-refractivity contribution in [2.24, 2.45) is 0 Å². The molecule has 3 rings (SSSR count). The summed E-state index contributed by atoms with van der Waals surface area (Å²) >= 11 is 0. The molecule has 0 saturated carbocycles. The fourth-order valence-electron chi connectivity index (χ4n) is 3.55. The molecule has 0 unspecified atom stereocenters. The number of nitrogens with one attached hydrogen (secondary N) is 1. The van der Waals surface area contributed by atoms with Crippen molar-refractivity contribution in [2.75, 3.05) is 51.8 Å². The Morgan fingerprint density at radius 1 is 1.04 bits per heavy atom. The van der Waals surface area contributed by atoms with Crippen LogP contribution in [0.15, 0.2) is 48.5 Å². The van der Waals surface area contributed by atoms with Crippen molar-refractivity contribution in [3.05, 3.63) is 54.1 Å². The summed E-state index contributed by atoms with van der Waals surface area (Å²) in [6.45, 7) is 5.97. The zero-order valence-electron chi connectivity index (χ0n) is 16.9. The molecule has 1 atom stereocenters. The predicted molar refractivity (Wildman–Crippen MR) is 111 cm³/mol. The summed E-state index contributed by atoms with van der Waals surface area (Å²) < 4.78 is 10.7. The number of methoxy groups -OCH3 is 2. The number of benzene rings is 2. The minimum absolute atomic E-state index is 0.0190. The van der Waals surface area contributed by atoms with Gasteiger partial charge in [0.1, 0.15) is 11.5 Å². The van der Waals surface area contributed by atoms with Gasteiger partial charge in [0.25, 0.3) is 0 Å². The fraction of sp³-hybridized carbons (Fsp3) is 0.409. The van der Waals surface area contributed by atoms with E-state index < -0.39 is 0 Å². The smallest absolute Gasteiger partial charge is 0.234 e. The molecule has 2 aromatic carbocycles. The van der Waals surface area contributed by atoms with Crippen LogP contribution in [0.1, 0.15) is 18.5 Å². The Kier molecular flexibility index (Phi) is 6.76. The molecule has 1 N–H and O–H groups in total. The fourth-order valence-corrected chi connectivity index (χ4v) is 3.55. The quantitative estimate of drug-likeness (QED) is 0.797. The maximum Gasteiger partial charge on any atom is 0.234 e. The molecule has 0 bridgehead atoms. The third kappa shape index (κ3) is 4.95. The number of ether oxygens (including phenoxy) is 2. The molecule has 1 saturated heterocycles. The molecule has 1 aliphatic rings. The van der Waals surface area contributed by atoms with Crippen LogP contribution in [0, 0.1) is 0 Å². The summed E-state index contributed by atoms with van der Waals surface area (Å²) in [5, 5.41) is 3.08. The molecule has 1 aliphatic heterocycles. The summed E-state index contributed by atoms with van der Waals surface area (Å²) in [7, 11) is 3.26. The van der Waals surface area contributed by atoms with Crippen LogP contribution in [0.3, 0.4) is 0 Å². The summed E-state index contributed by atoms with van der Waals surface area (Å²) in [5.41, 5.74) is 2.15. The Bertz CT molecular complexity index is 774. The van der Waals surface area contributed by atoms with Crippen LogP contribution in [0.5, 0.6) is 11.5 Å². The van der Waals surface area contributed by atoms with E-state index >= 15 is 0 Å². The topological polar surface area (TPSA) is 54.0 Å². The van der Waals surface area contributed by atoms with Gasteiger partial charge in [0, 0.05) is 37.4 Å². The number of carbonyl (C=O) groups excluding carboxylic acids is 1. The molecule has 6 nitrogen and oxygen atoms in total. The van der Waals surface area contributed by atoms with Crippen molar-refractivity contribution in [2.45, 2.75) is 13.0 Å². The second-order valence-corrected chi connectivity index (χ2v) is 7.00. The molecule has 1 amide bonds. The van der Waals surface area contributed by atoms with Crippen LogP contribution in [-0.2, 0) is 4.79 Å². The number of amides is 1. The number of nitrogens with zero attached hydrogens (tertiary/aromatic N) is 2. The van der Waals surface area contributed by atoms with E-state index in [1.54, 1.807) is 14.2 Å². The highest BCUT2D eigenvalue weighted by atomic mass is 16.5. The molecule has 2 aromatic rings. The predicted octanol–water partition coefficient (Wildman–Crippen LogP) is 2.70. The number of piperazine rings is 1. The van der Waals surface area contributed by atoms with Gasteiger partial charge in [-0.15, -0.1) is 0 Å². The van der Waals surface area contributed by atoms with Gasteiger partial charge in [-0.3, -0.25) is 9.69 Å². The first-order chi connectivity index (χ1) is 13.6. The number of hydrogen-bond donors (Lipinski definition) is 1. The van der Waals surface area contributed by atoms with Crippen LogP contribution in [0.2, 0.25) is 0 Å². The van der Waals surface area contributed by atoms with E-state index in [1.165, 1.54) is 5.69 Å². The Labute approximate surface area is 167 Å². The molecular weight excluding hydrogens is 354 g/mol. The van der Waals surface area contributed by atoms with E-state index in [0.29, 0.717) is 6.54 Å². The van der Waals surface area contributed by atoms with E-state index in [9.17, 15) is 4.79 Å². The molecule has 6 heteroatoms. The van der Waals surface area contributed by atoms with Gasteiger partial charge in [0.15, 0.2) is 0 Å². The first kappa shape index (κ1) is 20.0. The van der Waals surface area contributed by atoms with E-state index in [4.69, 9.17) is 9.47 Å². The van der Waals surface area contributed by atoms with Gasteiger partial charge >= 0.3 is 0 Å². The first-order valence-electron chi connectivity index (χ1n) is 9.64. The lowest BCUT2D eigenvalue weighted by atomic mass is 10.1. The highest BCUT2D eigenvalue weighted by molar-refractivity contribution is 5.78. The zero-order chi connectivity index (χ0) is 19.9. The van der Waals surface area contributed by atoms with Gasteiger partial charge < -0.3 is 19.7 Å². The largest absolute Gasteiger partial charge is 0.497 e. The molecule has 1 fully saturated rings. The van der Waals surface area contributed by atoms with Gasteiger partial charge in [-0.1, -0.05) is 18.2 Å². The van der Waals surface area contributed by atoms with Gasteiger partial charge in [-0.25, -0.2) is 0 Å². The van der Waals surface area contributed by atoms with Crippen LogP contribution in [0.4, 0.5) is 5.69 Å². The van der Waals surface area contributed by atoms with Gasteiger partial charge in [-0.05, 0) is 37.3 Å². The number of carbonyl (C=O) groups is 1. The van der Waals surface area contributed by atoms with Gasteiger partial charge in [0.2, 0.25) is 5.91 Å². The molecule has 0 aliphatic carbocycles. The molecule has 1 heterocycles. The normalized spacial score (nSPS) is 15.8. The van der Waals surface area contributed by atoms with Crippen molar-refractivity contribution in [3.63, 3.8) is 0 Å². The Morgan fingerprint density at radius 2 is 1.75 bits per heavy atom. The third-order valence-electron chi connectivity index (χ3n) is 5.14. The third-order valence-corrected chi connectivity index (χ3v) is 5.14. The minimum atomic E-state index is -0.164. The Balaban J connectivity index is 1.52. The maximum atomic E-state index is 12.6. The average Bonchev–Trinajstić information content (AvgIpc) is 2.74. The lowest BCUT2D eigenvalue weighted by molar-refractivity contribution is -0.123. The van der Waals surface area contributed by atoms with Crippen molar-refractivity contribution in [1.29, 1.82) is 0 Å². The lowest BCUT2D eigenvalue weighted by Gasteiger charge is -2.35. The van der Waals surface area contributed by atoms with Crippen molar-refractivity contribution in [3.8, 4) is 11.5 Å². The summed E-state index contributed by atoms with van der Waals surface area (Å²) in [6, 6.07) is 15.9. The zero-order valence-corrected chi connectivity index (χ0v) is 16.9. The van der Waals surface area contributed by atoms with E-state index in [-0.39, 0.29) is 11.9 Å². The standard InChI is InChI=1S/C22H29N3O3/c1-17(20-15-19(27-2)9-10-21(20)28-3)23-22(26)16-24-11-13-25(14-12-24)18-7-5-4-6-8-18/h4-10,15,17H,11-14,16H2,1-3H3,(H,23,26)/t17-/m0/s1. The van der Waals surface area contributed by atoms with Crippen LogP contribution in [-0.4, -0.2) is 57.8 Å². The van der Waals surface area contributed by atoms with E-state index in [0.717, 1.165) is 43.2 Å². The molecule has 28 heavy (non-hydrogen) atoms. The van der Waals surface area contributed by atoms with Crippen molar-refractivity contribution < 1.29 is 14.3 Å². The van der Waals surface area contributed by atoms with E-state index in [1.807, 2.05) is 31.2 Å². The lowest BCUT2D eigenvalue weighted by Crippen LogP contribution is -2.49. The molecule has 150 valence electrons. The molecular formula is C22H29N3O3. The minimum Gasteiger partial charge on any atom is -0.497 e. The number of rotatable bonds is 7. The monoisotopic (exact) mass is 383 g/mol. The summed E-state index contributed by atoms with van der Waals surface area (Å²) in [4.78, 5) is 17.1. The Hall–Kier alpha value is -2.73. The maximum absolute atomic E-state index is 12.6. The van der Waals surface area contributed by atoms with Gasteiger partial charge in [-0.2, -0.15) is 0 Å². The first-order valence-corrected chi connectivity index (χ1v) is 9.64. The number of hydrogen-bond acceptors (Lipinski definition) is 5. The molecule has 0 radical (unpaired) electrons. The van der Waals surface area contributed by atoms with Crippen LogP contribution in [0.25, 0.3) is 0 Å². The van der Waals surface area contributed by atoms with Crippen molar-refractivity contribution >= 4 is 11.6 Å². The van der Waals surface area contributed by atoms with Crippen LogP contribution < -0.4 is 19.7 Å². The summed E-state index contributed by atoms with van der Waals surface area (Å²) in [6.07, 6.45) is 0. The highest BCUT2D eigenvalue weighted by Crippen LogP contribution is 2.29. The second-order valence-electron chi connectivity index (χ2n) is 7.00. The van der Waals surface area contributed by atoms with Crippen molar-refractivity contribution in [1.82, 2.24) is 10.2 Å². The number of para-hydroxylation sites is 1. The molecule has 0 spiro atoms. The average molecular weight is 383 g/mol. The number of anilines is 1. The molecule has 0 aromatic heterocycles. The van der Waals surface area contributed by atoms with E-state index in [2.05, 4.69) is 39.4 Å². The van der Waals surface area contributed by atoms with Crippen LogP contribution >= 0.6 is 0 Å². The highest BCUT2D eigenvalue weighted by Gasteiger charge is 2.21.